The number of aryl methyl sites for hydroxylation is 2. The molecule has 5 nitrogen and oxygen atoms in total. The molecular weight excluding hydrogens is 382 g/mol. The summed E-state index contributed by atoms with van der Waals surface area (Å²) in [6.45, 7) is 1.61. The fourth-order valence-electron chi connectivity index (χ4n) is 2.61. The Morgan fingerprint density at radius 2 is 1.79 bits per heavy atom. The minimum Gasteiger partial charge on any atom is -0.433 e. The molecule has 0 fully saturated rings. The van der Waals surface area contributed by atoms with Crippen LogP contribution in [-0.2, 0) is 6.54 Å². The Bertz CT molecular complexity index is 957. The number of anilines is 2. The smallest absolute Gasteiger partial charge is 0.387 e. The van der Waals surface area contributed by atoms with Crippen LogP contribution in [0.5, 0.6) is 5.75 Å². The monoisotopic (exact) mass is 402 g/mol. The lowest BCUT2D eigenvalue weighted by molar-refractivity contribution is -0.0493. The molecule has 28 heavy (non-hydrogen) atoms. The fraction of sp³-hybridized carbons (Fsp3) is 0.200. The van der Waals surface area contributed by atoms with E-state index in [0.29, 0.717) is 18.1 Å². The molecule has 2 aromatic carbocycles. The Hall–Kier alpha value is -3.00. The number of nitrogens with zero attached hydrogens (tertiary/aromatic N) is 2. The first-order chi connectivity index (χ1) is 13.4. The minimum absolute atomic E-state index is 0.0228. The van der Waals surface area contributed by atoms with E-state index in [1.54, 1.807) is 22.9 Å². The maximum Gasteiger partial charge on any atom is 0.387 e. The van der Waals surface area contributed by atoms with Crippen molar-refractivity contribution in [2.45, 2.75) is 27.0 Å². The largest absolute Gasteiger partial charge is 0.433 e. The van der Waals surface area contributed by atoms with Crippen LogP contribution in [0, 0.1) is 13.8 Å². The van der Waals surface area contributed by atoms with Crippen molar-refractivity contribution in [3.63, 3.8) is 0 Å². The van der Waals surface area contributed by atoms with E-state index < -0.39 is 6.61 Å². The average Bonchev–Trinajstić information content (AvgIpc) is 3.05. The van der Waals surface area contributed by atoms with E-state index in [-0.39, 0.29) is 10.9 Å². The summed E-state index contributed by atoms with van der Waals surface area (Å²) >= 11 is 5.27. The van der Waals surface area contributed by atoms with Crippen molar-refractivity contribution in [1.82, 2.24) is 9.78 Å². The predicted octanol–water partition coefficient (Wildman–Crippen LogP) is 4.96. The number of hydrogen-bond donors (Lipinski definition) is 2. The number of benzene rings is 2. The van der Waals surface area contributed by atoms with Crippen LogP contribution in [0.1, 0.15) is 16.7 Å². The second-order valence-corrected chi connectivity index (χ2v) is 6.75. The van der Waals surface area contributed by atoms with Gasteiger partial charge >= 0.3 is 6.61 Å². The van der Waals surface area contributed by atoms with E-state index in [2.05, 4.69) is 44.7 Å². The second-order valence-electron chi connectivity index (χ2n) is 6.34. The Kier molecular flexibility index (Phi) is 6.20. The van der Waals surface area contributed by atoms with Gasteiger partial charge in [-0.1, -0.05) is 35.9 Å². The molecule has 3 aromatic rings. The van der Waals surface area contributed by atoms with Crippen molar-refractivity contribution in [2.75, 3.05) is 10.6 Å². The van der Waals surface area contributed by atoms with Gasteiger partial charge in [-0.05, 0) is 49.3 Å². The van der Waals surface area contributed by atoms with Gasteiger partial charge in [0.2, 0.25) is 0 Å². The van der Waals surface area contributed by atoms with Gasteiger partial charge in [-0.2, -0.15) is 13.9 Å². The summed E-state index contributed by atoms with van der Waals surface area (Å²) < 4.78 is 31.5. The Morgan fingerprint density at radius 1 is 1.07 bits per heavy atom. The summed E-state index contributed by atoms with van der Waals surface area (Å²) in [7, 11) is 0. The number of ether oxygens (including phenoxy) is 1. The molecule has 0 unspecified atom stereocenters. The van der Waals surface area contributed by atoms with Crippen LogP contribution in [0.4, 0.5) is 20.3 Å². The molecular formula is C20H20F2N4OS. The highest BCUT2D eigenvalue weighted by molar-refractivity contribution is 7.80. The molecule has 8 heteroatoms. The molecule has 0 spiro atoms. The van der Waals surface area contributed by atoms with Crippen LogP contribution in [0.2, 0.25) is 0 Å². The fourth-order valence-corrected chi connectivity index (χ4v) is 2.82. The molecule has 3 rings (SSSR count). The normalized spacial score (nSPS) is 10.8. The lowest BCUT2D eigenvalue weighted by Crippen LogP contribution is -2.20. The summed E-state index contributed by atoms with van der Waals surface area (Å²) in [6.07, 6.45) is 1.84. The summed E-state index contributed by atoms with van der Waals surface area (Å²) in [5, 5.41) is 10.5. The molecule has 0 amide bonds. The first kappa shape index (κ1) is 19.8. The van der Waals surface area contributed by atoms with Crippen LogP contribution in [0.3, 0.4) is 0 Å². The molecule has 0 bridgehead atoms. The van der Waals surface area contributed by atoms with E-state index in [4.69, 9.17) is 12.2 Å². The topological polar surface area (TPSA) is 51.1 Å². The van der Waals surface area contributed by atoms with Gasteiger partial charge in [-0.3, -0.25) is 4.68 Å². The molecule has 0 atom stereocenters. The summed E-state index contributed by atoms with van der Waals surface area (Å²) in [6, 6.07) is 14.8. The highest BCUT2D eigenvalue weighted by atomic mass is 32.1. The number of alkyl halides is 2. The zero-order chi connectivity index (χ0) is 20.1. The van der Waals surface area contributed by atoms with Crippen LogP contribution >= 0.6 is 12.2 Å². The number of thiocarbonyl (C=S) groups is 1. The van der Waals surface area contributed by atoms with Gasteiger partial charge in [-0.15, -0.1) is 0 Å². The van der Waals surface area contributed by atoms with E-state index >= 15 is 0 Å². The third kappa shape index (κ3) is 5.50. The highest BCUT2D eigenvalue weighted by Gasteiger charge is 2.11. The Labute approximate surface area is 167 Å². The zero-order valence-electron chi connectivity index (χ0n) is 15.4. The lowest BCUT2D eigenvalue weighted by atomic mass is 10.1. The lowest BCUT2D eigenvalue weighted by Gasteiger charge is -2.14. The van der Waals surface area contributed by atoms with Gasteiger partial charge in [0.25, 0.3) is 0 Å². The van der Waals surface area contributed by atoms with Crippen molar-refractivity contribution in [3.8, 4) is 5.75 Å². The standard InChI is InChI=1S/C20H20F2N4OS/c1-13-3-6-15(7-4-13)12-26-10-9-18(25-26)24-20(28)23-16-11-14(2)5-8-17(16)27-19(21)22/h3-11,19H,12H2,1-2H3,(H2,23,24,25,28). The molecule has 0 saturated heterocycles. The average molecular weight is 402 g/mol. The van der Waals surface area contributed by atoms with Gasteiger partial charge in [0.05, 0.1) is 12.2 Å². The Morgan fingerprint density at radius 3 is 2.50 bits per heavy atom. The summed E-state index contributed by atoms with van der Waals surface area (Å²) in [5.41, 5.74) is 3.58. The van der Waals surface area contributed by atoms with Gasteiger partial charge in [0, 0.05) is 12.3 Å². The van der Waals surface area contributed by atoms with Crippen molar-refractivity contribution in [1.29, 1.82) is 0 Å². The quantitative estimate of drug-likeness (QED) is 0.571. The number of aromatic nitrogens is 2. The first-order valence-electron chi connectivity index (χ1n) is 8.61. The summed E-state index contributed by atoms with van der Waals surface area (Å²) in [4.78, 5) is 0. The van der Waals surface area contributed by atoms with E-state index in [1.807, 2.05) is 20.0 Å². The molecule has 1 heterocycles. The minimum atomic E-state index is -2.91. The van der Waals surface area contributed by atoms with Gasteiger partial charge in [-0.25, -0.2) is 0 Å². The molecule has 0 aliphatic carbocycles. The molecule has 146 valence electrons. The van der Waals surface area contributed by atoms with Gasteiger partial charge in [0.15, 0.2) is 10.9 Å². The number of nitrogens with one attached hydrogen (secondary N) is 2. The maximum absolute atomic E-state index is 12.6. The number of hydrogen-bond acceptors (Lipinski definition) is 3. The highest BCUT2D eigenvalue weighted by Crippen LogP contribution is 2.27. The van der Waals surface area contributed by atoms with Crippen LogP contribution < -0.4 is 15.4 Å². The SMILES string of the molecule is Cc1ccc(Cn2ccc(NC(=S)Nc3cc(C)ccc3OC(F)F)n2)cc1. The van der Waals surface area contributed by atoms with Gasteiger partial charge < -0.3 is 15.4 Å². The van der Waals surface area contributed by atoms with Crippen LogP contribution in [-0.4, -0.2) is 21.5 Å². The molecule has 0 aliphatic rings. The Balaban J connectivity index is 1.63. The van der Waals surface area contributed by atoms with E-state index in [9.17, 15) is 8.78 Å². The number of halogens is 2. The van der Waals surface area contributed by atoms with Crippen molar-refractivity contribution in [3.05, 3.63) is 71.4 Å². The zero-order valence-corrected chi connectivity index (χ0v) is 16.3. The third-order valence-electron chi connectivity index (χ3n) is 3.95. The molecule has 2 N–H and O–H groups in total. The first-order valence-corrected chi connectivity index (χ1v) is 9.02. The molecule has 0 saturated carbocycles. The molecule has 0 aliphatic heterocycles. The van der Waals surface area contributed by atoms with Crippen LogP contribution in [0.25, 0.3) is 0 Å². The van der Waals surface area contributed by atoms with Gasteiger partial charge in [0.1, 0.15) is 5.75 Å². The molecule has 0 radical (unpaired) electrons. The van der Waals surface area contributed by atoms with Crippen LogP contribution in [0.15, 0.2) is 54.7 Å². The van der Waals surface area contributed by atoms with Crippen molar-refractivity contribution in [2.24, 2.45) is 0 Å². The van der Waals surface area contributed by atoms with E-state index in [1.165, 1.54) is 11.6 Å². The van der Waals surface area contributed by atoms with E-state index in [0.717, 1.165) is 11.1 Å². The van der Waals surface area contributed by atoms with Crippen molar-refractivity contribution < 1.29 is 13.5 Å². The van der Waals surface area contributed by atoms with Crippen molar-refractivity contribution >= 4 is 28.8 Å². The molecule has 1 aromatic heterocycles. The number of rotatable bonds is 6. The third-order valence-corrected chi connectivity index (χ3v) is 4.15. The summed E-state index contributed by atoms with van der Waals surface area (Å²) in [5.74, 6) is 0.572. The second kappa shape index (κ2) is 8.79. The maximum atomic E-state index is 12.6. The predicted molar refractivity (Wildman–Crippen MR) is 110 cm³/mol.